The number of urea groups is 1. The van der Waals surface area contributed by atoms with Crippen molar-refractivity contribution in [1.82, 2.24) is 4.90 Å². The fourth-order valence-corrected chi connectivity index (χ4v) is 2.00. The molecule has 0 unspecified atom stereocenters. The molecule has 2 N–H and O–H groups in total. The summed E-state index contributed by atoms with van der Waals surface area (Å²) >= 11 is 5.76. The summed E-state index contributed by atoms with van der Waals surface area (Å²) in [5.74, 6) is 0. The number of hydrogen-bond acceptors (Lipinski definition) is 2. The van der Waals surface area contributed by atoms with Gasteiger partial charge in [0, 0.05) is 23.8 Å². The van der Waals surface area contributed by atoms with Crippen molar-refractivity contribution in [1.29, 1.82) is 0 Å². The third-order valence-electron chi connectivity index (χ3n) is 2.78. The highest BCUT2D eigenvalue weighted by molar-refractivity contribution is 6.30. The minimum Gasteiger partial charge on any atom is -0.391 e. The summed E-state index contributed by atoms with van der Waals surface area (Å²) in [6.45, 7) is 1.09. The molecule has 1 atom stereocenters. The predicted octanol–water partition coefficient (Wildman–Crippen LogP) is 2.33. The van der Waals surface area contributed by atoms with E-state index in [2.05, 4.69) is 5.32 Å². The first-order valence-corrected chi connectivity index (χ1v) is 6.02. The van der Waals surface area contributed by atoms with Gasteiger partial charge in [-0.3, -0.25) is 0 Å². The first-order chi connectivity index (χ1) is 8.15. The van der Waals surface area contributed by atoms with Gasteiger partial charge in [-0.15, -0.1) is 0 Å². The summed E-state index contributed by atoms with van der Waals surface area (Å²) in [7, 11) is 0. The number of likely N-dealkylation sites (tertiary alicyclic amines) is 1. The average molecular weight is 255 g/mol. The quantitative estimate of drug-likeness (QED) is 0.808. The number of aliphatic hydroxyl groups excluding tert-OH is 1. The summed E-state index contributed by atoms with van der Waals surface area (Å²) in [4.78, 5) is 13.5. The van der Waals surface area contributed by atoms with Crippen molar-refractivity contribution in [3.05, 3.63) is 29.3 Å². The van der Waals surface area contributed by atoms with Crippen LogP contribution in [0, 0.1) is 0 Å². The molecule has 0 radical (unpaired) electrons. The van der Waals surface area contributed by atoms with Gasteiger partial charge in [-0.1, -0.05) is 11.6 Å². The van der Waals surface area contributed by atoms with Gasteiger partial charge in [0.05, 0.1) is 6.10 Å². The molecule has 0 saturated carbocycles. The number of amides is 2. The number of aliphatic hydroxyl groups is 1. The third kappa shape index (κ3) is 3.35. The molecule has 1 aromatic carbocycles. The second-order valence-electron chi connectivity index (χ2n) is 4.18. The van der Waals surface area contributed by atoms with Gasteiger partial charge in [-0.2, -0.15) is 0 Å². The van der Waals surface area contributed by atoms with Crippen molar-refractivity contribution < 1.29 is 9.90 Å². The molecule has 1 fully saturated rings. The van der Waals surface area contributed by atoms with Crippen LogP contribution in [0.15, 0.2) is 24.3 Å². The lowest BCUT2D eigenvalue weighted by molar-refractivity contribution is 0.0883. The maximum Gasteiger partial charge on any atom is 0.321 e. The van der Waals surface area contributed by atoms with E-state index in [1.807, 2.05) is 0 Å². The second-order valence-corrected chi connectivity index (χ2v) is 4.62. The lowest BCUT2D eigenvalue weighted by Gasteiger charge is -2.30. The van der Waals surface area contributed by atoms with Gasteiger partial charge >= 0.3 is 6.03 Å². The molecular formula is C12H15ClN2O2. The van der Waals surface area contributed by atoms with Crippen LogP contribution in [0.1, 0.15) is 12.8 Å². The number of benzene rings is 1. The Labute approximate surface area is 105 Å². The zero-order chi connectivity index (χ0) is 12.3. The molecule has 0 aliphatic carbocycles. The first-order valence-electron chi connectivity index (χ1n) is 5.65. The number of nitrogens with one attached hydrogen (secondary N) is 1. The lowest BCUT2D eigenvalue weighted by atomic mass is 10.1. The van der Waals surface area contributed by atoms with E-state index < -0.39 is 6.10 Å². The molecule has 4 nitrogen and oxygen atoms in total. The van der Waals surface area contributed by atoms with Crippen molar-refractivity contribution >= 4 is 23.3 Å². The van der Waals surface area contributed by atoms with E-state index in [1.54, 1.807) is 29.2 Å². The number of piperidine rings is 1. The molecule has 1 aromatic rings. The Hall–Kier alpha value is -1.26. The zero-order valence-corrected chi connectivity index (χ0v) is 10.2. The molecule has 92 valence electrons. The summed E-state index contributed by atoms with van der Waals surface area (Å²) in [5, 5.41) is 12.9. The number of hydrogen-bond donors (Lipinski definition) is 2. The van der Waals surface area contributed by atoms with E-state index in [9.17, 15) is 9.90 Å². The van der Waals surface area contributed by atoms with Gasteiger partial charge in [0.25, 0.3) is 0 Å². The number of nitrogens with zero attached hydrogens (tertiary/aromatic N) is 1. The van der Waals surface area contributed by atoms with Crippen LogP contribution < -0.4 is 5.32 Å². The van der Waals surface area contributed by atoms with Crippen LogP contribution in [-0.2, 0) is 0 Å². The van der Waals surface area contributed by atoms with Crippen LogP contribution in [0.5, 0.6) is 0 Å². The van der Waals surface area contributed by atoms with Crippen molar-refractivity contribution in [3.8, 4) is 0 Å². The topological polar surface area (TPSA) is 52.6 Å². The van der Waals surface area contributed by atoms with Crippen LogP contribution in [0.3, 0.4) is 0 Å². The average Bonchev–Trinajstić information content (AvgIpc) is 2.32. The summed E-state index contributed by atoms with van der Waals surface area (Å²) in [6.07, 6.45) is 1.21. The Morgan fingerprint density at radius 1 is 1.41 bits per heavy atom. The van der Waals surface area contributed by atoms with Gasteiger partial charge in [-0.25, -0.2) is 4.79 Å². The van der Waals surface area contributed by atoms with Crippen molar-refractivity contribution in [2.24, 2.45) is 0 Å². The Bertz CT molecular complexity index is 394. The largest absolute Gasteiger partial charge is 0.391 e. The van der Waals surface area contributed by atoms with Crippen LogP contribution >= 0.6 is 11.6 Å². The van der Waals surface area contributed by atoms with Gasteiger partial charge in [-0.05, 0) is 37.1 Å². The number of halogens is 1. The van der Waals surface area contributed by atoms with E-state index in [-0.39, 0.29) is 6.03 Å². The normalized spacial score (nSPS) is 20.1. The van der Waals surface area contributed by atoms with E-state index in [0.29, 0.717) is 23.8 Å². The zero-order valence-electron chi connectivity index (χ0n) is 9.40. The Balaban J connectivity index is 1.94. The maximum atomic E-state index is 11.9. The Kier molecular flexibility index (Phi) is 3.86. The highest BCUT2D eigenvalue weighted by Crippen LogP contribution is 2.15. The molecule has 1 aliphatic rings. The van der Waals surface area contributed by atoms with E-state index in [1.165, 1.54) is 0 Å². The van der Waals surface area contributed by atoms with Crippen LogP contribution in [0.2, 0.25) is 5.02 Å². The molecule has 17 heavy (non-hydrogen) atoms. The van der Waals surface area contributed by atoms with E-state index in [0.717, 1.165) is 12.8 Å². The van der Waals surface area contributed by atoms with E-state index >= 15 is 0 Å². The van der Waals surface area contributed by atoms with Crippen LogP contribution in [-0.4, -0.2) is 35.2 Å². The predicted molar refractivity (Wildman–Crippen MR) is 67.3 cm³/mol. The number of carbonyl (C=O) groups excluding carboxylic acids is 1. The molecule has 0 bridgehead atoms. The smallest absolute Gasteiger partial charge is 0.321 e. The van der Waals surface area contributed by atoms with Crippen molar-refractivity contribution in [2.75, 3.05) is 18.4 Å². The molecule has 1 aliphatic heterocycles. The summed E-state index contributed by atoms with van der Waals surface area (Å²) in [5.41, 5.74) is 0.708. The highest BCUT2D eigenvalue weighted by Gasteiger charge is 2.21. The maximum absolute atomic E-state index is 11.9. The molecule has 5 heteroatoms. The minimum atomic E-state index is -0.403. The van der Waals surface area contributed by atoms with Gasteiger partial charge in [0.2, 0.25) is 0 Å². The molecule has 2 rings (SSSR count). The fraction of sp³-hybridized carbons (Fsp3) is 0.417. The van der Waals surface area contributed by atoms with Crippen molar-refractivity contribution in [3.63, 3.8) is 0 Å². The molecule has 1 heterocycles. The van der Waals surface area contributed by atoms with Gasteiger partial charge in [0.15, 0.2) is 0 Å². The second kappa shape index (κ2) is 5.38. The first kappa shape index (κ1) is 12.2. The molecule has 1 saturated heterocycles. The van der Waals surface area contributed by atoms with Gasteiger partial charge in [0.1, 0.15) is 0 Å². The van der Waals surface area contributed by atoms with Crippen molar-refractivity contribution in [2.45, 2.75) is 18.9 Å². The van der Waals surface area contributed by atoms with Crippen LogP contribution in [0.25, 0.3) is 0 Å². The summed E-state index contributed by atoms with van der Waals surface area (Å²) in [6, 6.07) is 6.78. The minimum absolute atomic E-state index is 0.175. The molecule has 2 amide bonds. The standard InChI is InChI=1S/C12H15ClN2O2/c13-9-3-5-10(6-4-9)14-12(17)15-7-1-2-11(16)8-15/h3-6,11,16H,1-2,7-8H2,(H,14,17)/t11-/m1/s1. The lowest BCUT2D eigenvalue weighted by Crippen LogP contribution is -2.44. The number of anilines is 1. The van der Waals surface area contributed by atoms with Crippen LogP contribution in [0.4, 0.5) is 10.5 Å². The molecular weight excluding hydrogens is 240 g/mol. The number of β-amino-alcohol motifs (C(OH)–C–C–N with tert-alkyl or cyclic N) is 1. The summed E-state index contributed by atoms with van der Waals surface area (Å²) < 4.78 is 0. The van der Waals surface area contributed by atoms with Gasteiger partial charge < -0.3 is 15.3 Å². The monoisotopic (exact) mass is 254 g/mol. The fourth-order valence-electron chi connectivity index (χ4n) is 1.87. The molecule has 0 spiro atoms. The third-order valence-corrected chi connectivity index (χ3v) is 3.03. The van der Waals surface area contributed by atoms with E-state index in [4.69, 9.17) is 11.6 Å². The number of rotatable bonds is 1. The number of carbonyl (C=O) groups is 1. The Morgan fingerprint density at radius 2 is 2.12 bits per heavy atom. The highest BCUT2D eigenvalue weighted by atomic mass is 35.5. The molecule has 0 aromatic heterocycles. The SMILES string of the molecule is O=C(Nc1ccc(Cl)cc1)N1CCC[C@@H](O)C1. The Morgan fingerprint density at radius 3 is 2.76 bits per heavy atom.